The van der Waals surface area contributed by atoms with Crippen LogP contribution in [0.25, 0.3) is 0 Å². The van der Waals surface area contributed by atoms with Crippen molar-refractivity contribution in [3.8, 4) is 0 Å². The summed E-state index contributed by atoms with van der Waals surface area (Å²) < 4.78 is 14.0. The molecule has 4 heteroatoms. The number of nitrogens with zero attached hydrogens (tertiary/aromatic N) is 1. The second-order valence-corrected chi connectivity index (χ2v) is 6.47. The number of rotatable bonds is 3. The fraction of sp³-hybridized carbons (Fsp3) is 0.588. The molecule has 3 rings (SSSR count). The quantitative estimate of drug-likeness (QED) is 0.928. The molecule has 1 heterocycles. The van der Waals surface area contributed by atoms with Crippen molar-refractivity contribution in [2.24, 2.45) is 5.92 Å². The molecule has 2 aliphatic rings. The number of aliphatic carboxylic acids is 1. The minimum Gasteiger partial charge on any atom is -0.480 e. The normalized spacial score (nSPS) is 29.3. The Morgan fingerprint density at radius 1 is 1.38 bits per heavy atom. The van der Waals surface area contributed by atoms with Gasteiger partial charge in [-0.3, -0.25) is 9.69 Å². The third kappa shape index (κ3) is 2.82. The predicted molar refractivity (Wildman–Crippen MR) is 78.5 cm³/mol. The van der Waals surface area contributed by atoms with E-state index in [-0.39, 0.29) is 5.82 Å². The van der Waals surface area contributed by atoms with Crippen molar-refractivity contribution >= 4 is 5.97 Å². The van der Waals surface area contributed by atoms with Gasteiger partial charge in [0, 0.05) is 18.2 Å². The number of carboxylic acids is 1. The minimum absolute atomic E-state index is 0.232. The van der Waals surface area contributed by atoms with E-state index in [9.17, 15) is 14.3 Å². The Hall–Kier alpha value is -1.42. The molecule has 21 heavy (non-hydrogen) atoms. The average molecular weight is 291 g/mol. The average Bonchev–Trinajstić information content (AvgIpc) is 2.82. The van der Waals surface area contributed by atoms with E-state index in [1.165, 1.54) is 12.5 Å². The fourth-order valence-electron chi connectivity index (χ4n) is 4.04. The van der Waals surface area contributed by atoms with Crippen LogP contribution in [0.15, 0.2) is 18.2 Å². The third-order valence-corrected chi connectivity index (χ3v) is 5.06. The topological polar surface area (TPSA) is 40.5 Å². The van der Waals surface area contributed by atoms with E-state index in [0.29, 0.717) is 30.5 Å². The molecule has 3 atom stereocenters. The predicted octanol–water partition coefficient (Wildman–Crippen LogP) is 3.35. The van der Waals surface area contributed by atoms with Crippen molar-refractivity contribution in [2.75, 3.05) is 0 Å². The van der Waals surface area contributed by atoms with Crippen LogP contribution in [0.2, 0.25) is 0 Å². The van der Waals surface area contributed by atoms with Crippen LogP contribution in [-0.4, -0.2) is 28.1 Å². The van der Waals surface area contributed by atoms with Crippen molar-refractivity contribution in [1.29, 1.82) is 0 Å². The summed E-state index contributed by atoms with van der Waals surface area (Å²) in [5.74, 6) is -0.533. The number of carbonyl (C=O) groups is 1. The number of hydrogen-bond acceptors (Lipinski definition) is 2. The molecule has 1 saturated carbocycles. The molecule has 2 fully saturated rings. The maximum atomic E-state index is 14.0. The first-order valence-electron chi connectivity index (χ1n) is 7.80. The van der Waals surface area contributed by atoms with Crippen LogP contribution < -0.4 is 0 Å². The summed E-state index contributed by atoms with van der Waals surface area (Å²) in [5, 5.41) is 9.50. The Bertz CT molecular complexity index is 546. The fourth-order valence-corrected chi connectivity index (χ4v) is 4.04. The molecule has 1 saturated heterocycles. The monoisotopic (exact) mass is 291 g/mol. The van der Waals surface area contributed by atoms with Gasteiger partial charge >= 0.3 is 5.97 Å². The van der Waals surface area contributed by atoms with Gasteiger partial charge in [-0.05, 0) is 38.2 Å². The first-order valence-corrected chi connectivity index (χ1v) is 7.80. The SMILES string of the molecule is Cc1ccc(F)c(CN2C(C(=O)O)CC3CCCCC32)c1. The highest BCUT2D eigenvalue weighted by molar-refractivity contribution is 5.74. The van der Waals surface area contributed by atoms with E-state index in [4.69, 9.17) is 0 Å². The Morgan fingerprint density at radius 3 is 2.90 bits per heavy atom. The van der Waals surface area contributed by atoms with Crippen molar-refractivity contribution in [3.05, 3.63) is 35.1 Å². The second-order valence-electron chi connectivity index (χ2n) is 6.47. The molecule has 1 aromatic carbocycles. The second kappa shape index (κ2) is 5.76. The van der Waals surface area contributed by atoms with E-state index in [1.54, 1.807) is 6.07 Å². The summed E-state index contributed by atoms with van der Waals surface area (Å²) in [4.78, 5) is 13.6. The van der Waals surface area contributed by atoms with Gasteiger partial charge < -0.3 is 5.11 Å². The van der Waals surface area contributed by atoms with Gasteiger partial charge in [-0.1, -0.05) is 30.5 Å². The summed E-state index contributed by atoms with van der Waals surface area (Å²) in [6.07, 6.45) is 5.22. The first-order chi connectivity index (χ1) is 10.1. The Balaban J connectivity index is 1.86. The lowest BCUT2D eigenvalue weighted by Gasteiger charge is -2.33. The first kappa shape index (κ1) is 14.5. The molecule has 0 spiro atoms. The zero-order valence-corrected chi connectivity index (χ0v) is 12.4. The number of carboxylic acid groups (broad SMARTS) is 1. The highest BCUT2D eigenvalue weighted by Crippen LogP contribution is 2.40. The lowest BCUT2D eigenvalue weighted by atomic mass is 9.84. The van der Waals surface area contributed by atoms with Gasteiger partial charge in [-0.25, -0.2) is 4.39 Å². The van der Waals surface area contributed by atoms with E-state index in [0.717, 1.165) is 24.8 Å². The van der Waals surface area contributed by atoms with Gasteiger partial charge in [-0.15, -0.1) is 0 Å². The van der Waals surface area contributed by atoms with Crippen LogP contribution in [0, 0.1) is 18.7 Å². The van der Waals surface area contributed by atoms with Gasteiger partial charge in [0.05, 0.1) is 0 Å². The molecular formula is C17H22FNO2. The molecule has 1 N–H and O–H groups in total. The number of fused-ring (bicyclic) bond motifs is 1. The number of hydrogen-bond donors (Lipinski definition) is 1. The van der Waals surface area contributed by atoms with Crippen molar-refractivity contribution in [3.63, 3.8) is 0 Å². The maximum Gasteiger partial charge on any atom is 0.320 e. The smallest absolute Gasteiger partial charge is 0.320 e. The van der Waals surface area contributed by atoms with Crippen LogP contribution >= 0.6 is 0 Å². The number of aryl methyl sites for hydroxylation is 1. The number of likely N-dealkylation sites (tertiary alicyclic amines) is 1. The van der Waals surface area contributed by atoms with Crippen LogP contribution in [-0.2, 0) is 11.3 Å². The molecule has 0 amide bonds. The zero-order chi connectivity index (χ0) is 15.0. The van der Waals surface area contributed by atoms with Crippen LogP contribution in [0.5, 0.6) is 0 Å². The molecule has 1 aliphatic carbocycles. The molecule has 1 aliphatic heterocycles. The molecule has 3 unspecified atom stereocenters. The van der Waals surface area contributed by atoms with Crippen molar-refractivity contribution < 1.29 is 14.3 Å². The van der Waals surface area contributed by atoms with Gasteiger partial charge in [-0.2, -0.15) is 0 Å². The Kier molecular flexibility index (Phi) is 3.98. The van der Waals surface area contributed by atoms with Gasteiger partial charge in [0.15, 0.2) is 0 Å². The standard InChI is InChI=1S/C17H22FNO2/c1-11-6-7-14(18)13(8-11)10-19-15-5-3-2-4-12(15)9-16(19)17(20)21/h6-8,12,15-16H,2-5,9-10H2,1H3,(H,20,21). The van der Waals surface area contributed by atoms with Crippen LogP contribution in [0.1, 0.15) is 43.2 Å². The Labute approximate surface area is 124 Å². The van der Waals surface area contributed by atoms with Gasteiger partial charge in [0.1, 0.15) is 11.9 Å². The largest absolute Gasteiger partial charge is 0.480 e. The summed E-state index contributed by atoms with van der Waals surface area (Å²) in [5.41, 5.74) is 1.63. The van der Waals surface area contributed by atoms with E-state index in [2.05, 4.69) is 0 Å². The maximum absolute atomic E-state index is 14.0. The molecule has 1 aromatic rings. The lowest BCUT2D eigenvalue weighted by molar-refractivity contribution is -0.142. The third-order valence-electron chi connectivity index (χ3n) is 5.06. The number of halogens is 1. The van der Waals surface area contributed by atoms with Crippen molar-refractivity contribution in [2.45, 2.75) is 57.7 Å². The van der Waals surface area contributed by atoms with E-state index >= 15 is 0 Å². The number of benzene rings is 1. The molecule has 0 bridgehead atoms. The van der Waals surface area contributed by atoms with Crippen LogP contribution in [0.4, 0.5) is 4.39 Å². The highest BCUT2D eigenvalue weighted by atomic mass is 19.1. The van der Waals surface area contributed by atoms with E-state index < -0.39 is 12.0 Å². The molecular weight excluding hydrogens is 269 g/mol. The minimum atomic E-state index is -0.766. The molecule has 0 aromatic heterocycles. The van der Waals surface area contributed by atoms with Gasteiger partial charge in [0.25, 0.3) is 0 Å². The van der Waals surface area contributed by atoms with Gasteiger partial charge in [0.2, 0.25) is 0 Å². The molecule has 114 valence electrons. The molecule has 0 radical (unpaired) electrons. The summed E-state index contributed by atoms with van der Waals surface area (Å²) in [7, 11) is 0. The highest BCUT2D eigenvalue weighted by Gasteiger charge is 2.45. The zero-order valence-electron chi connectivity index (χ0n) is 12.4. The summed E-state index contributed by atoms with van der Waals surface area (Å²) >= 11 is 0. The van der Waals surface area contributed by atoms with Crippen molar-refractivity contribution in [1.82, 2.24) is 4.90 Å². The van der Waals surface area contributed by atoms with Crippen LogP contribution in [0.3, 0.4) is 0 Å². The summed E-state index contributed by atoms with van der Waals surface area (Å²) in [6, 6.07) is 4.91. The summed E-state index contributed by atoms with van der Waals surface area (Å²) in [6.45, 7) is 2.34. The Morgan fingerprint density at radius 2 is 2.14 bits per heavy atom. The molecule has 3 nitrogen and oxygen atoms in total. The lowest BCUT2D eigenvalue weighted by Crippen LogP contribution is -2.41. The van der Waals surface area contributed by atoms with E-state index in [1.807, 2.05) is 17.9 Å².